The van der Waals surface area contributed by atoms with Crippen LogP contribution < -0.4 is 10.6 Å². The molecule has 0 saturated heterocycles. The van der Waals surface area contributed by atoms with Gasteiger partial charge in [0.2, 0.25) is 0 Å². The fourth-order valence-corrected chi connectivity index (χ4v) is 9.53. The molecular weight excluding hydrogens is 464 g/mol. The van der Waals surface area contributed by atoms with Crippen LogP contribution in [0, 0.1) is 0 Å². The molecule has 0 amide bonds. The second kappa shape index (κ2) is 8.15. The number of rotatable bonds is 2. The molecule has 0 aromatic heterocycles. The van der Waals surface area contributed by atoms with Crippen LogP contribution in [-0.4, -0.2) is 5.66 Å². The Labute approximate surface area is 185 Å². The molecule has 2 unspecified atom stereocenters. The minimum atomic E-state index is -10.7. The molecule has 3 aromatic carbocycles. The van der Waals surface area contributed by atoms with E-state index in [1.54, 1.807) is 21.7 Å². The van der Waals surface area contributed by atoms with Gasteiger partial charge in [-0.2, -0.15) is 0 Å². The first-order chi connectivity index (χ1) is 14.7. The first-order valence-corrected chi connectivity index (χ1v) is 14.4. The van der Waals surface area contributed by atoms with Crippen LogP contribution in [0.5, 0.6) is 0 Å². The molecule has 0 radical (unpaired) electrons. The van der Waals surface area contributed by atoms with Crippen molar-refractivity contribution in [3.8, 4) is 0 Å². The van der Waals surface area contributed by atoms with Gasteiger partial charge in [-0.25, -0.2) is 0 Å². The molecule has 0 bridgehead atoms. The number of fused-ring (bicyclic) bond motifs is 1. The SMILES string of the molecule is CC1CC(C)[P+](c2ccccc2)(c2ccccc2)Cc2ccccc21.F[P-](F)(F)(F)(F)F. The Kier molecular flexibility index (Phi) is 6.30. The second-order valence-electron chi connectivity index (χ2n) is 8.34. The fraction of sp³-hybridized carbons (Fsp3) is 0.250. The molecule has 0 spiro atoms. The van der Waals surface area contributed by atoms with Gasteiger partial charge in [0, 0.05) is 0 Å². The quantitative estimate of drug-likeness (QED) is 0.248. The van der Waals surface area contributed by atoms with Crippen LogP contribution >= 0.6 is 15.1 Å². The molecule has 0 nitrogen and oxygen atoms in total. The van der Waals surface area contributed by atoms with Gasteiger partial charge in [-0.3, -0.25) is 0 Å². The molecule has 174 valence electrons. The Morgan fingerprint density at radius 3 is 1.53 bits per heavy atom. The number of hydrogen-bond donors (Lipinski definition) is 0. The van der Waals surface area contributed by atoms with Crippen molar-refractivity contribution in [2.45, 2.75) is 38.0 Å². The molecule has 0 N–H and O–H groups in total. The van der Waals surface area contributed by atoms with Crippen LogP contribution in [-0.2, 0) is 6.16 Å². The van der Waals surface area contributed by atoms with Crippen molar-refractivity contribution >= 4 is 25.7 Å². The van der Waals surface area contributed by atoms with Gasteiger partial charge in [0.25, 0.3) is 0 Å². The predicted octanol–water partition coefficient (Wildman–Crippen LogP) is 9.13. The maximum absolute atomic E-state index is 10.7. The maximum atomic E-state index is 9.87. The van der Waals surface area contributed by atoms with E-state index in [1.807, 2.05) is 0 Å². The summed E-state index contributed by atoms with van der Waals surface area (Å²) in [5.41, 5.74) is 3.79. The van der Waals surface area contributed by atoms with Gasteiger partial charge < -0.3 is 0 Å². The Hall–Kier alpha value is -1.90. The van der Waals surface area contributed by atoms with E-state index in [4.69, 9.17) is 0 Å². The van der Waals surface area contributed by atoms with Gasteiger partial charge in [0.15, 0.2) is 0 Å². The minimum absolute atomic E-state index is 0.625. The van der Waals surface area contributed by atoms with E-state index >= 15 is 0 Å². The van der Waals surface area contributed by atoms with Gasteiger partial charge in [-0.1, -0.05) is 67.6 Å². The van der Waals surface area contributed by atoms with Crippen molar-refractivity contribution in [2.75, 3.05) is 0 Å². The summed E-state index contributed by atoms with van der Waals surface area (Å²) in [6.07, 6.45) is 2.44. The van der Waals surface area contributed by atoms with Gasteiger partial charge >= 0.3 is 33.0 Å². The summed E-state index contributed by atoms with van der Waals surface area (Å²) < 4.78 is 59.2. The van der Waals surface area contributed by atoms with E-state index in [0.29, 0.717) is 11.6 Å². The van der Waals surface area contributed by atoms with Gasteiger partial charge in [-0.05, 0) is 54.7 Å². The predicted molar refractivity (Wildman–Crippen MR) is 125 cm³/mol. The third-order valence-corrected chi connectivity index (χ3v) is 10.9. The van der Waals surface area contributed by atoms with Crippen molar-refractivity contribution in [2.24, 2.45) is 0 Å². The Morgan fingerprint density at radius 1 is 0.656 bits per heavy atom. The van der Waals surface area contributed by atoms with E-state index < -0.39 is 15.1 Å². The average Bonchev–Trinajstić information content (AvgIpc) is 2.82. The van der Waals surface area contributed by atoms with Crippen molar-refractivity contribution in [3.63, 3.8) is 0 Å². The second-order valence-corrected chi connectivity index (χ2v) is 14.2. The number of halogens is 6. The van der Waals surface area contributed by atoms with E-state index in [0.717, 1.165) is 0 Å². The summed E-state index contributed by atoms with van der Waals surface area (Å²) in [4.78, 5) is 0. The molecule has 0 fully saturated rings. The van der Waals surface area contributed by atoms with Gasteiger partial charge in [0.05, 0.1) is 29.7 Å². The Bertz CT molecular complexity index is 1000. The van der Waals surface area contributed by atoms with Crippen molar-refractivity contribution < 1.29 is 25.2 Å². The molecule has 4 rings (SSSR count). The van der Waals surface area contributed by atoms with Crippen LogP contribution in [0.2, 0.25) is 0 Å². The topological polar surface area (TPSA) is 0 Å². The molecule has 1 aliphatic heterocycles. The monoisotopic (exact) mass is 490 g/mol. The van der Waals surface area contributed by atoms with Crippen LogP contribution in [0.25, 0.3) is 0 Å². The fourth-order valence-electron chi connectivity index (χ4n) is 4.63. The summed E-state index contributed by atoms with van der Waals surface area (Å²) in [7, 11) is -12.2. The number of benzene rings is 3. The normalized spacial score (nSPS) is 22.2. The Morgan fingerprint density at radius 2 is 1.06 bits per heavy atom. The molecule has 32 heavy (non-hydrogen) atoms. The first-order valence-electron chi connectivity index (χ1n) is 10.3. The summed E-state index contributed by atoms with van der Waals surface area (Å²) in [6, 6.07) is 31.8. The first kappa shape index (κ1) is 24.7. The van der Waals surface area contributed by atoms with E-state index in [9.17, 15) is 25.2 Å². The number of hydrogen-bond acceptors (Lipinski definition) is 0. The molecule has 0 saturated carbocycles. The zero-order valence-corrected chi connectivity index (χ0v) is 19.6. The summed E-state index contributed by atoms with van der Waals surface area (Å²) in [6.45, 7) is 4.90. The van der Waals surface area contributed by atoms with Crippen molar-refractivity contribution in [3.05, 3.63) is 96.1 Å². The summed E-state index contributed by atoms with van der Waals surface area (Å²) in [5.74, 6) is 0.625. The van der Waals surface area contributed by atoms with Gasteiger partial charge in [0.1, 0.15) is 0 Å². The summed E-state index contributed by atoms with van der Waals surface area (Å²) in [5, 5.41) is 3.11. The molecule has 0 aliphatic carbocycles. The average molecular weight is 490 g/mol. The zero-order chi connectivity index (χ0) is 23.7. The molecule has 2 atom stereocenters. The van der Waals surface area contributed by atoms with E-state index in [-0.39, 0.29) is 0 Å². The van der Waals surface area contributed by atoms with Crippen molar-refractivity contribution in [1.82, 2.24) is 0 Å². The molecule has 1 heterocycles. The Balaban J connectivity index is 0.000000360. The van der Waals surface area contributed by atoms with Crippen molar-refractivity contribution in [1.29, 1.82) is 0 Å². The van der Waals surface area contributed by atoms with Crippen LogP contribution in [0.1, 0.15) is 37.3 Å². The third kappa shape index (κ3) is 6.56. The van der Waals surface area contributed by atoms with Gasteiger partial charge in [-0.15, -0.1) is 0 Å². The molecule has 1 aliphatic rings. The van der Waals surface area contributed by atoms with E-state index in [2.05, 4.69) is 98.8 Å². The van der Waals surface area contributed by atoms with Crippen LogP contribution in [0.3, 0.4) is 0 Å². The van der Waals surface area contributed by atoms with E-state index in [1.165, 1.54) is 12.6 Å². The molecular formula is C24H26F6P2. The van der Waals surface area contributed by atoms with Crippen LogP contribution in [0.15, 0.2) is 84.9 Å². The third-order valence-electron chi connectivity index (χ3n) is 5.89. The van der Waals surface area contributed by atoms with Crippen LogP contribution in [0.4, 0.5) is 25.2 Å². The molecule has 3 aromatic rings. The summed E-state index contributed by atoms with van der Waals surface area (Å²) >= 11 is 0. The standard InChI is InChI=1S/C24H26P.F6P/c1-19-17-20(2)25(22-12-5-3-6-13-22,23-14-7-4-8-15-23)18-21-11-9-10-16-24(19)21;1-7(2,3,4,5)6/h3-16,19-20H,17-18H2,1-2H3;/q+1;-1. The zero-order valence-electron chi connectivity index (χ0n) is 17.8. The molecule has 8 heteroatoms.